The maximum atomic E-state index is 12.0. The number of nitrogens with one attached hydrogen (secondary N) is 1. The number of nitrogens with zero attached hydrogens (tertiary/aromatic N) is 1. The molecular weight excluding hydrogens is 285 g/mol. The molecule has 7 heteroatoms. The fraction of sp³-hybridized carbons (Fsp3) is 0.571. The van der Waals surface area contributed by atoms with Crippen molar-refractivity contribution in [2.45, 2.75) is 19.3 Å². The molecule has 1 saturated heterocycles. The first-order chi connectivity index (χ1) is 9.94. The Kier molecular flexibility index (Phi) is 5.30. The van der Waals surface area contributed by atoms with E-state index in [0.717, 1.165) is 26.2 Å². The fourth-order valence-corrected chi connectivity index (χ4v) is 2.23. The van der Waals surface area contributed by atoms with Crippen LogP contribution in [0.2, 0.25) is 0 Å². The molecular formula is C14H19F3N2O2. The van der Waals surface area contributed by atoms with E-state index in [1.54, 1.807) is 0 Å². The predicted octanol–water partition coefficient (Wildman–Crippen LogP) is 2.26. The molecule has 1 aliphatic heterocycles. The monoisotopic (exact) mass is 304 g/mol. The SMILES string of the molecule is C[C@@H]1CNCCN1CCOc1ccc(OC(F)(F)F)cc1. The lowest BCUT2D eigenvalue weighted by Gasteiger charge is -2.33. The highest BCUT2D eigenvalue weighted by molar-refractivity contribution is 5.31. The largest absolute Gasteiger partial charge is 0.573 e. The van der Waals surface area contributed by atoms with E-state index in [0.29, 0.717) is 18.4 Å². The van der Waals surface area contributed by atoms with Gasteiger partial charge in [0.25, 0.3) is 0 Å². The zero-order chi connectivity index (χ0) is 15.3. The van der Waals surface area contributed by atoms with Gasteiger partial charge in [-0.15, -0.1) is 13.2 Å². The van der Waals surface area contributed by atoms with Gasteiger partial charge in [0.15, 0.2) is 0 Å². The van der Waals surface area contributed by atoms with Crippen LogP contribution in [0, 0.1) is 0 Å². The molecule has 0 spiro atoms. The van der Waals surface area contributed by atoms with Crippen molar-refractivity contribution >= 4 is 0 Å². The lowest BCUT2D eigenvalue weighted by molar-refractivity contribution is -0.274. The van der Waals surface area contributed by atoms with Gasteiger partial charge in [0, 0.05) is 32.2 Å². The molecule has 21 heavy (non-hydrogen) atoms. The summed E-state index contributed by atoms with van der Waals surface area (Å²) in [7, 11) is 0. The predicted molar refractivity (Wildman–Crippen MR) is 72.5 cm³/mol. The van der Waals surface area contributed by atoms with E-state index < -0.39 is 6.36 Å². The van der Waals surface area contributed by atoms with Crippen molar-refractivity contribution in [3.8, 4) is 11.5 Å². The zero-order valence-electron chi connectivity index (χ0n) is 11.8. The summed E-state index contributed by atoms with van der Waals surface area (Å²) in [5.74, 6) is 0.290. The summed E-state index contributed by atoms with van der Waals surface area (Å²) in [5, 5.41) is 3.31. The molecule has 1 heterocycles. The topological polar surface area (TPSA) is 33.7 Å². The molecule has 0 bridgehead atoms. The average Bonchev–Trinajstić information content (AvgIpc) is 2.41. The summed E-state index contributed by atoms with van der Waals surface area (Å²) >= 11 is 0. The second-order valence-corrected chi connectivity index (χ2v) is 4.96. The van der Waals surface area contributed by atoms with E-state index in [1.165, 1.54) is 24.3 Å². The number of hydrogen-bond acceptors (Lipinski definition) is 4. The maximum absolute atomic E-state index is 12.0. The van der Waals surface area contributed by atoms with Crippen LogP contribution < -0.4 is 14.8 Å². The van der Waals surface area contributed by atoms with Crippen molar-refractivity contribution in [2.24, 2.45) is 0 Å². The van der Waals surface area contributed by atoms with Crippen molar-refractivity contribution < 1.29 is 22.6 Å². The Morgan fingerprint density at radius 3 is 2.52 bits per heavy atom. The average molecular weight is 304 g/mol. The molecule has 0 amide bonds. The van der Waals surface area contributed by atoms with Gasteiger partial charge >= 0.3 is 6.36 Å². The molecule has 1 aromatic rings. The van der Waals surface area contributed by atoms with Crippen molar-refractivity contribution in [3.05, 3.63) is 24.3 Å². The molecule has 0 unspecified atom stereocenters. The number of piperazine rings is 1. The highest BCUT2D eigenvalue weighted by Crippen LogP contribution is 2.24. The Morgan fingerprint density at radius 1 is 1.24 bits per heavy atom. The van der Waals surface area contributed by atoms with Crippen LogP contribution >= 0.6 is 0 Å². The highest BCUT2D eigenvalue weighted by Gasteiger charge is 2.30. The van der Waals surface area contributed by atoms with E-state index in [1.807, 2.05) is 0 Å². The third-order valence-corrected chi connectivity index (χ3v) is 3.34. The van der Waals surface area contributed by atoms with Crippen molar-refractivity contribution in [2.75, 3.05) is 32.8 Å². The highest BCUT2D eigenvalue weighted by atomic mass is 19.4. The Morgan fingerprint density at radius 2 is 1.90 bits per heavy atom. The standard InChI is InChI=1S/C14H19F3N2O2/c1-11-10-18-6-7-19(11)8-9-20-12-2-4-13(5-3-12)21-14(15,16)17/h2-5,11,18H,6-10H2,1H3/t11-/m1/s1. The van der Waals surface area contributed by atoms with Gasteiger partial charge in [-0.3, -0.25) is 4.90 Å². The van der Waals surface area contributed by atoms with Crippen LogP contribution in [-0.4, -0.2) is 50.1 Å². The van der Waals surface area contributed by atoms with Gasteiger partial charge in [-0.05, 0) is 31.2 Å². The summed E-state index contributed by atoms with van der Waals surface area (Å²) in [4.78, 5) is 2.32. The van der Waals surface area contributed by atoms with E-state index in [-0.39, 0.29) is 5.75 Å². The molecule has 1 N–H and O–H groups in total. The minimum absolute atomic E-state index is 0.245. The van der Waals surface area contributed by atoms with Crippen LogP contribution in [-0.2, 0) is 0 Å². The molecule has 4 nitrogen and oxygen atoms in total. The number of rotatable bonds is 5. The summed E-state index contributed by atoms with van der Waals surface area (Å²) in [6, 6.07) is 5.90. The third kappa shape index (κ3) is 5.43. The summed E-state index contributed by atoms with van der Waals surface area (Å²) in [6.07, 6.45) is -4.67. The van der Waals surface area contributed by atoms with Crippen LogP contribution in [0.4, 0.5) is 13.2 Å². The number of ether oxygens (including phenoxy) is 2. The van der Waals surface area contributed by atoms with Gasteiger partial charge in [-0.1, -0.05) is 0 Å². The molecule has 0 aliphatic carbocycles. The number of benzene rings is 1. The summed E-state index contributed by atoms with van der Waals surface area (Å²) in [5.41, 5.74) is 0. The molecule has 1 aromatic carbocycles. The first-order valence-corrected chi connectivity index (χ1v) is 6.87. The van der Waals surface area contributed by atoms with Crippen LogP contribution in [0.25, 0.3) is 0 Å². The van der Waals surface area contributed by atoms with E-state index in [4.69, 9.17) is 4.74 Å². The molecule has 118 valence electrons. The van der Waals surface area contributed by atoms with Crippen molar-refractivity contribution in [3.63, 3.8) is 0 Å². The van der Waals surface area contributed by atoms with Crippen LogP contribution in [0.3, 0.4) is 0 Å². The lowest BCUT2D eigenvalue weighted by Crippen LogP contribution is -2.50. The Hall–Kier alpha value is -1.47. The van der Waals surface area contributed by atoms with Crippen LogP contribution in [0.5, 0.6) is 11.5 Å². The molecule has 0 radical (unpaired) electrons. The van der Waals surface area contributed by atoms with Crippen molar-refractivity contribution in [1.82, 2.24) is 10.2 Å². The maximum Gasteiger partial charge on any atom is 0.573 e. The molecule has 1 fully saturated rings. The number of hydrogen-bond donors (Lipinski definition) is 1. The normalized spacial score (nSPS) is 20.3. The van der Waals surface area contributed by atoms with Gasteiger partial charge in [0.1, 0.15) is 18.1 Å². The minimum Gasteiger partial charge on any atom is -0.492 e. The molecule has 0 aromatic heterocycles. The van der Waals surface area contributed by atoms with Gasteiger partial charge in [-0.25, -0.2) is 0 Å². The Bertz CT molecular complexity index is 437. The summed E-state index contributed by atoms with van der Waals surface area (Å²) in [6.45, 7) is 6.35. The van der Waals surface area contributed by atoms with Gasteiger partial charge in [-0.2, -0.15) is 0 Å². The van der Waals surface area contributed by atoms with Crippen molar-refractivity contribution in [1.29, 1.82) is 0 Å². The van der Waals surface area contributed by atoms with Gasteiger partial charge in [0.2, 0.25) is 0 Å². The van der Waals surface area contributed by atoms with E-state index in [9.17, 15) is 13.2 Å². The molecule has 1 atom stereocenters. The Labute approximate surface area is 121 Å². The first kappa shape index (κ1) is 15.9. The van der Waals surface area contributed by atoms with Gasteiger partial charge < -0.3 is 14.8 Å². The molecule has 2 rings (SSSR count). The van der Waals surface area contributed by atoms with E-state index in [2.05, 4.69) is 21.9 Å². The molecule has 0 saturated carbocycles. The number of halogens is 3. The fourth-order valence-electron chi connectivity index (χ4n) is 2.23. The number of alkyl halides is 3. The lowest BCUT2D eigenvalue weighted by atomic mass is 10.2. The second-order valence-electron chi connectivity index (χ2n) is 4.96. The Balaban J connectivity index is 1.76. The smallest absolute Gasteiger partial charge is 0.492 e. The third-order valence-electron chi connectivity index (χ3n) is 3.34. The second kappa shape index (κ2) is 7.00. The minimum atomic E-state index is -4.67. The first-order valence-electron chi connectivity index (χ1n) is 6.87. The van der Waals surface area contributed by atoms with E-state index >= 15 is 0 Å². The summed E-state index contributed by atoms with van der Waals surface area (Å²) < 4.78 is 45.4. The molecule has 1 aliphatic rings. The van der Waals surface area contributed by atoms with Crippen LogP contribution in [0.1, 0.15) is 6.92 Å². The van der Waals surface area contributed by atoms with Crippen LogP contribution in [0.15, 0.2) is 24.3 Å². The zero-order valence-corrected chi connectivity index (χ0v) is 11.8. The quantitative estimate of drug-likeness (QED) is 0.905. The van der Waals surface area contributed by atoms with Gasteiger partial charge in [0.05, 0.1) is 0 Å².